The molecule has 0 aromatic rings. The second-order valence-corrected chi connectivity index (χ2v) is 7.02. The first-order chi connectivity index (χ1) is 11.8. The smallest absolute Gasteiger partial charge is 0.0612 e. The van der Waals surface area contributed by atoms with Crippen LogP contribution in [0.3, 0.4) is 0 Å². The largest absolute Gasteiger partial charge is 0.396 e. The molecule has 0 heterocycles. The molecule has 0 radical (unpaired) electrons. The highest BCUT2D eigenvalue weighted by atomic mass is 16.3. The third-order valence-corrected chi connectivity index (χ3v) is 4.73. The first kappa shape index (κ1) is 23.6. The van der Waals surface area contributed by atoms with Crippen LogP contribution in [0.15, 0.2) is 12.2 Å². The summed E-state index contributed by atoms with van der Waals surface area (Å²) >= 11 is 0. The topological polar surface area (TPSA) is 60.7 Å². The van der Waals surface area contributed by atoms with E-state index in [2.05, 4.69) is 0 Å². The van der Waals surface area contributed by atoms with Crippen LogP contribution in [0.2, 0.25) is 0 Å². The van der Waals surface area contributed by atoms with Gasteiger partial charge in [0.05, 0.1) is 6.61 Å². The molecule has 3 nitrogen and oxygen atoms in total. The Bertz CT molecular complexity index is 253. The molecule has 0 aliphatic rings. The summed E-state index contributed by atoms with van der Waals surface area (Å²) < 4.78 is 0. The van der Waals surface area contributed by atoms with Gasteiger partial charge in [0.15, 0.2) is 0 Å². The molecule has 0 saturated carbocycles. The van der Waals surface area contributed by atoms with E-state index < -0.39 is 0 Å². The van der Waals surface area contributed by atoms with Crippen molar-refractivity contribution < 1.29 is 15.3 Å². The molecule has 1 atom stereocenters. The third kappa shape index (κ3) is 18.0. The predicted octanol–water partition coefficient (Wildman–Crippen LogP) is 4.99. The van der Waals surface area contributed by atoms with Gasteiger partial charge in [0.25, 0.3) is 0 Å². The van der Waals surface area contributed by atoms with Crippen LogP contribution in [0.25, 0.3) is 0 Å². The van der Waals surface area contributed by atoms with Crippen LogP contribution < -0.4 is 0 Å². The van der Waals surface area contributed by atoms with Gasteiger partial charge < -0.3 is 15.3 Å². The quantitative estimate of drug-likeness (QED) is 0.229. The van der Waals surface area contributed by atoms with E-state index in [1.165, 1.54) is 83.5 Å². The highest BCUT2D eigenvalue weighted by Crippen LogP contribution is 2.15. The minimum atomic E-state index is 0.0697. The molecule has 144 valence electrons. The lowest BCUT2D eigenvalue weighted by molar-refractivity contribution is 0.242. The van der Waals surface area contributed by atoms with E-state index >= 15 is 0 Å². The molecule has 0 fully saturated rings. The molecule has 0 rings (SSSR count). The van der Waals surface area contributed by atoms with Crippen LogP contribution in [0.1, 0.15) is 96.3 Å². The molecule has 0 aliphatic carbocycles. The maximum Gasteiger partial charge on any atom is 0.0612 e. The summed E-state index contributed by atoms with van der Waals surface area (Å²) in [5.74, 6) is 0.223. The Morgan fingerprint density at radius 2 is 0.958 bits per heavy atom. The first-order valence-corrected chi connectivity index (χ1v) is 10.3. The second-order valence-electron chi connectivity index (χ2n) is 7.02. The predicted molar refractivity (Wildman–Crippen MR) is 103 cm³/mol. The fourth-order valence-corrected chi connectivity index (χ4v) is 3.14. The van der Waals surface area contributed by atoms with Gasteiger partial charge in [-0.1, -0.05) is 95.6 Å². The van der Waals surface area contributed by atoms with Gasteiger partial charge in [0.1, 0.15) is 0 Å². The van der Waals surface area contributed by atoms with E-state index in [-0.39, 0.29) is 19.1 Å². The Labute approximate surface area is 150 Å². The average molecular weight is 343 g/mol. The number of aliphatic hydroxyl groups is 3. The molecule has 0 bridgehead atoms. The molecule has 0 aromatic heterocycles. The van der Waals surface area contributed by atoms with Crippen molar-refractivity contribution in [1.29, 1.82) is 0 Å². The Balaban J connectivity index is 3.16. The van der Waals surface area contributed by atoms with Crippen molar-refractivity contribution >= 4 is 0 Å². The molecule has 1 unspecified atom stereocenters. The summed E-state index contributed by atoms with van der Waals surface area (Å²) in [5, 5.41) is 26.7. The van der Waals surface area contributed by atoms with E-state index in [0.717, 1.165) is 12.8 Å². The highest BCUT2D eigenvalue weighted by Gasteiger charge is 2.02. The van der Waals surface area contributed by atoms with Crippen LogP contribution >= 0.6 is 0 Å². The molecule has 0 spiro atoms. The van der Waals surface area contributed by atoms with Crippen molar-refractivity contribution in [3.63, 3.8) is 0 Å². The van der Waals surface area contributed by atoms with Crippen LogP contribution in [0.4, 0.5) is 0 Å². The summed E-state index contributed by atoms with van der Waals surface area (Å²) in [6.45, 7) is 0.612. The molecule has 0 saturated heterocycles. The van der Waals surface area contributed by atoms with Crippen molar-refractivity contribution in [3.8, 4) is 0 Å². The standard InChI is InChI=1S/C21H42O3/c22-18-14-12-10-8-6-4-2-1-3-5-7-9-11-13-16-21(20-24)17-15-19-23/h15,17,21-24H,1-14,16,18-20H2. The number of unbranched alkanes of at least 4 members (excludes halogenated alkanes) is 13. The van der Waals surface area contributed by atoms with Gasteiger partial charge in [-0.2, -0.15) is 0 Å². The normalized spacial score (nSPS) is 13.0. The van der Waals surface area contributed by atoms with Crippen LogP contribution in [0, 0.1) is 5.92 Å². The van der Waals surface area contributed by atoms with Gasteiger partial charge in [-0.3, -0.25) is 0 Å². The van der Waals surface area contributed by atoms with Crippen molar-refractivity contribution in [2.45, 2.75) is 96.3 Å². The van der Waals surface area contributed by atoms with Crippen molar-refractivity contribution in [3.05, 3.63) is 12.2 Å². The van der Waals surface area contributed by atoms with Crippen molar-refractivity contribution in [1.82, 2.24) is 0 Å². The van der Waals surface area contributed by atoms with Crippen LogP contribution in [0.5, 0.6) is 0 Å². The van der Waals surface area contributed by atoms with E-state index in [4.69, 9.17) is 10.2 Å². The van der Waals surface area contributed by atoms with Gasteiger partial charge in [-0.25, -0.2) is 0 Å². The van der Waals surface area contributed by atoms with Gasteiger partial charge in [0.2, 0.25) is 0 Å². The van der Waals surface area contributed by atoms with E-state index in [9.17, 15) is 5.11 Å². The first-order valence-electron chi connectivity index (χ1n) is 10.3. The minimum Gasteiger partial charge on any atom is -0.396 e. The minimum absolute atomic E-state index is 0.0697. The van der Waals surface area contributed by atoms with Gasteiger partial charge in [-0.15, -0.1) is 0 Å². The highest BCUT2D eigenvalue weighted by molar-refractivity contribution is 4.87. The molecule has 0 aliphatic heterocycles. The molecule has 3 N–H and O–H groups in total. The summed E-state index contributed by atoms with van der Waals surface area (Å²) in [4.78, 5) is 0. The zero-order valence-electron chi connectivity index (χ0n) is 15.8. The third-order valence-electron chi connectivity index (χ3n) is 4.73. The lowest BCUT2D eigenvalue weighted by Crippen LogP contribution is -2.02. The fourth-order valence-electron chi connectivity index (χ4n) is 3.14. The Hall–Kier alpha value is -0.380. The van der Waals surface area contributed by atoms with E-state index in [0.29, 0.717) is 6.61 Å². The Morgan fingerprint density at radius 1 is 0.542 bits per heavy atom. The summed E-state index contributed by atoms with van der Waals surface area (Å²) in [6, 6.07) is 0. The maximum absolute atomic E-state index is 9.23. The molecule has 3 heteroatoms. The van der Waals surface area contributed by atoms with Gasteiger partial charge in [-0.05, 0) is 18.8 Å². The SMILES string of the molecule is OCC=CC(CO)CCCCCCCCCCCCCCCCO. The van der Waals surface area contributed by atoms with Gasteiger partial charge in [0, 0.05) is 13.2 Å². The zero-order chi connectivity index (χ0) is 17.7. The summed E-state index contributed by atoms with van der Waals surface area (Å²) in [5.41, 5.74) is 0. The average Bonchev–Trinajstić information content (AvgIpc) is 2.61. The van der Waals surface area contributed by atoms with Crippen molar-refractivity contribution in [2.75, 3.05) is 19.8 Å². The summed E-state index contributed by atoms with van der Waals surface area (Å²) in [7, 11) is 0. The summed E-state index contributed by atoms with van der Waals surface area (Å²) in [6.07, 6.45) is 22.8. The second kappa shape index (κ2) is 20.7. The fraction of sp³-hybridized carbons (Fsp3) is 0.905. The molecular formula is C21H42O3. The van der Waals surface area contributed by atoms with Crippen LogP contribution in [-0.4, -0.2) is 35.1 Å². The molecule has 24 heavy (non-hydrogen) atoms. The number of hydrogen-bond acceptors (Lipinski definition) is 3. The maximum atomic E-state index is 9.23. The van der Waals surface area contributed by atoms with Gasteiger partial charge >= 0.3 is 0 Å². The lowest BCUT2D eigenvalue weighted by Gasteiger charge is -2.08. The molecular weight excluding hydrogens is 300 g/mol. The van der Waals surface area contributed by atoms with E-state index in [1.807, 2.05) is 6.08 Å². The lowest BCUT2D eigenvalue weighted by atomic mass is 10.00. The Morgan fingerprint density at radius 3 is 1.33 bits per heavy atom. The molecule has 0 aromatic carbocycles. The van der Waals surface area contributed by atoms with E-state index in [1.54, 1.807) is 6.08 Å². The monoisotopic (exact) mass is 342 g/mol. The zero-order valence-corrected chi connectivity index (χ0v) is 15.8. The molecule has 0 amide bonds. The van der Waals surface area contributed by atoms with Crippen molar-refractivity contribution in [2.24, 2.45) is 5.92 Å². The number of rotatable bonds is 19. The Kier molecular flexibility index (Phi) is 20.3. The van der Waals surface area contributed by atoms with Crippen LogP contribution in [-0.2, 0) is 0 Å². The number of hydrogen-bond donors (Lipinski definition) is 3. The number of aliphatic hydroxyl groups excluding tert-OH is 3.